The summed E-state index contributed by atoms with van der Waals surface area (Å²) in [5.74, 6) is -0.113. The zero-order valence-corrected chi connectivity index (χ0v) is 10.6. The Kier molecular flexibility index (Phi) is 5.22. The molecule has 0 aromatic carbocycles. The molecule has 0 aromatic rings. The molecule has 1 fully saturated rings. The van der Waals surface area contributed by atoms with E-state index in [2.05, 4.69) is 24.5 Å². The maximum atomic E-state index is 11.8. The van der Waals surface area contributed by atoms with Crippen LogP contribution >= 0.6 is 0 Å². The van der Waals surface area contributed by atoms with Gasteiger partial charge in [-0.2, -0.15) is 0 Å². The van der Waals surface area contributed by atoms with Crippen molar-refractivity contribution >= 4 is 5.97 Å². The van der Waals surface area contributed by atoms with Crippen molar-refractivity contribution in [2.45, 2.75) is 51.6 Å². The van der Waals surface area contributed by atoms with Crippen LogP contribution in [-0.4, -0.2) is 37.2 Å². The first-order valence-corrected chi connectivity index (χ1v) is 6.26. The van der Waals surface area contributed by atoms with Gasteiger partial charge >= 0.3 is 5.97 Å². The molecule has 0 aromatic heterocycles. The molecule has 1 saturated heterocycles. The quantitative estimate of drug-likeness (QED) is 0.667. The van der Waals surface area contributed by atoms with Crippen molar-refractivity contribution in [3.8, 4) is 0 Å². The van der Waals surface area contributed by atoms with Gasteiger partial charge in [-0.15, -0.1) is 0 Å². The standard InChI is InChI=1S/C12H24N2O2/c1-4-6-10(11(15)16-5-2)14-12(3)7-8-13-9-12/h10,13-14H,4-9H2,1-3H3. The van der Waals surface area contributed by atoms with Gasteiger partial charge in [-0.1, -0.05) is 13.3 Å². The van der Waals surface area contributed by atoms with Crippen LogP contribution in [0.2, 0.25) is 0 Å². The van der Waals surface area contributed by atoms with E-state index in [-0.39, 0.29) is 17.6 Å². The fourth-order valence-electron chi connectivity index (χ4n) is 2.14. The van der Waals surface area contributed by atoms with Gasteiger partial charge in [-0.05, 0) is 33.2 Å². The van der Waals surface area contributed by atoms with Gasteiger partial charge in [0.15, 0.2) is 0 Å². The summed E-state index contributed by atoms with van der Waals surface area (Å²) in [6.07, 6.45) is 2.89. The second-order valence-corrected chi connectivity index (χ2v) is 4.73. The Hall–Kier alpha value is -0.610. The first-order chi connectivity index (χ1) is 7.61. The van der Waals surface area contributed by atoms with Crippen LogP contribution in [0.3, 0.4) is 0 Å². The van der Waals surface area contributed by atoms with Gasteiger partial charge in [-0.25, -0.2) is 0 Å². The highest BCUT2D eigenvalue weighted by Crippen LogP contribution is 2.16. The smallest absolute Gasteiger partial charge is 0.323 e. The van der Waals surface area contributed by atoms with Gasteiger partial charge in [-0.3, -0.25) is 10.1 Å². The van der Waals surface area contributed by atoms with Crippen molar-refractivity contribution in [1.82, 2.24) is 10.6 Å². The molecule has 0 saturated carbocycles. The molecule has 2 atom stereocenters. The van der Waals surface area contributed by atoms with Gasteiger partial charge in [0, 0.05) is 12.1 Å². The topological polar surface area (TPSA) is 50.4 Å². The van der Waals surface area contributed by atoms with Crippen molar-refractivity contribution in [2.24, 2.45) is 0 Å². The maximum absolute atomic E-state index is 11.8. The first kappa shape index (κ1) is 13.5. The Morgan fingerprint density at radius 1 is 1.56 bits per heavy atom. The van der Waals surface area contributed by atoms with Gasteiger partial charge < -0.3 is 10.1 Å². The Morgan fingerprint density at radius 3 is 2.81 bits per heavy atom. The summed E-state index contributed by atoms with van der Waals surface area (Å²) < 4.78 is 5.09. The van der Waals surface area contributed by atoms with E-state index in [9.17, 15) is 4.79 Å². The van der Waals surface area contributed by atoms with E-state index in [1.165, 1.54) is 0 Å². The van der Waals surface area contributed by atoms with Crippen LogP contribution in [0.1, 0.15) is 40.0 Å². The molecule has 4 heteroatoms. The highest BCUT2D eigenvalue weighted by molar-refractivity contribution is 5.75. The SMILES string of the molecule is CCCC(NC1(C)CCNC1)C(=O)OCC. The molecular formula is C12H24N2O2. The van der Waals surface area contributed by atoms with E-state index in [1.54, 1.807) is 0 Å². The van der Waals surface area contributed by atoms with Crippen LogP contribution in [0.15, 0.2) is 0 Å². The molecule has 94 valence electrons. The van der Waals surface area contributed by atoms with E-state index in [0.29, 0.717) is 6.61 Å². The molecule has 0 aliphatic carbocycles. The van der Waals surface area contributed by atoms with E-state index in [4.69, 9.17) is 4.74 Å². The fourth-order valence-corrected chi connectivity index (χ4v) is 2.14. The largest absolute Gasteiger partial charge is 0.465 e. The van der Waals surface area contributed by atoms with Crippen LogP contribution < -0.4 is 10.6 Å². The number of hydrogen-bond acceptors (Lipinski definition) is 4. The average molecular weight is 228 g/mol. The molecule has 1 aliphatic heterocycles. The second kappa shape index (κ2) is 6.21. The summed E-state index contributed by atoms with van der Waals surface area (Å²) in [7, 11) is 0. The second-order valence-electron chi connectivity index (χ2n) is 4.73. The van der Waals surface area contributed by atoms with E-state index in [0.717, 1.165) is 32.4 Å². The lowest BCUT2D eigenvalue weighted by molar-refractivity contribution is -0.146. The minimum absolute atomic E-state index is 0.0343. The maximum Gasteiger partial charge on any atom is 0.323 e. The zero-order valence-electron chi connectivity index (χ0n) is 10.6. The Balaban J connectivity index is 2.52. The van der Waals surface area contributed by atoms with Crippen molar-refractivity contribution < 1.29 is 9.53 Å². The van der Waals surface area contributed by atoms with Crippen LogP contribution in [0, 0.1) is 0 Å². The Morgan fingerprint density at radius 2 is 2.31 bits per heavy atom. The van der Waals surface area contributed by atoms with Crippen molar-refractivity contribution in [2.75, 3.05) is 19.7 Å². The van der Waals surface area contributed by atoms with E-state index >= 15 is 0 Å². The van der Waals surface area contributed by atoms with E-state index in [1.807, 2.05) is 6.92 Å². The molecular weight excluding hydrogens is 204 g/mol. The summed E-state index contributed by atoms with van der Waals surface area (Å²) in [5.41, 5.74) is 0.0343. The molecule has 0 amide bonds. The summed E-state index contributed by atoms with van der Waals surface area (Å²) in [6.45, 7) is 8.49. The summed E-state index contributed by atoms with van der Waals surface area (Å²) in [4.78, 5) is 11.8. The Bertz CT molecular complexity index is 225. The van der Waals surface area contributed by atoms with Gasteiger partial charge in [0.1, 0.15) is 6.04 Å². The van der Waals surface area contributed by atoms with Crippen LogP contribution in [0.4, 0.5) is 0 Å². The molecule has 0 spiro atoms. The summed E-state index contributed by atoms with van der Waals surface area (Å²) >= 11 is 0. The van der Waals surface area contributed by atoms with Crippen molar-refractivity contribution in [3.63, 3.8) is 0 Å². The molecule has 0 radical (unpaired) electrons. The lowest BCUT2D eigenvalue weighted by Gasteiger charge is -2.29. The highest BCUT2D eigenvalue weighted by atomic mass is 16.5. The first-order valence-electron chi connectivity index (χ1n) is 6.26. The minimum Gasteiger partial charge on any atom is -0.465 e. The molecule has 1 rings (SSSR count). The third kappa shape index (κ3) is 3.76. The number of nitrogens with one attached hydrogen (secondary N) is 2. The zero-order chi connectivity index (χ0) is 12.0. The lowest BCUT2D eigenvalue weighted by Crippen LogP contribution is -2.53. The summed E-state index contributed by atoms with van der Waals surface area (Å²) in [5, 5.41) is 6.76. The monoisotopic (exact) mass is 228 g/mol. The number of carbonyl (C=O) groups is 1. The van der Waals surface area contributed by atoms with Crippen LogP contribution in [0.5, 0.6) is 0 Å². The minimum atomic E-state index is -0.158. The molecule has 4 nitrogen and oxygen atoms in total. The normalized spacial score (nSPS) is 26.7. The van der Waals surface area contributed by atoms with Gasteiger partial charge in [0.25, 0.3) is 0 Å². The molecule has 2 unspecified atom stereocenters. The number of esters is 1. The predicted molar refractivity (Wildman–Crippen MR) is 64.4 cm³/mol. The molecule has 16 heavy (non-hydrogen) atoms. The van der Waals surface area contributed by atoms with Crippen LogP contribution in [0.25, 0.3) is 0 Å². The number of ether oxygens (including phenoxy) is 1. The Labute approximate surface area is 98.1 Å². The van der Waals surface area contributed by atoms with Crippen molar-refractivity contribution in [3.05, 3.63) is 0 Å². The molecule has 1 heterocycles. The van der Waals surface area contributed by atoms with Crippen LogP contribution in [-0.2, 0) is 9.53 Å². The number of hydrogen-bond donors (Lipinski definition) is 2. The number of rotatable bonds is 6. The molecule has 1 aliphatic rings. The third-order valence-electron chi connectivity index (χ3n) is 3.04. The highest BCUT2D eigenvalue weighted by Gasteiger charge is 2.33. The summed E-state index contributed by atoms with van der Waals surface area (Å²) in [6, 6.07) is -0.158. The average Bonchev–Trinajstić information content (AvgIpc) is 2.65. The number of carbonyl (C=O) groups excluding carboxylic acids is 1. The van der Waals surface area contributed by atoms with Gasteiger partial charge in [0.2, 0.25) is 0 Å². The fraction of sp³-hybridized carbons (Fsp3) is 0.917. The third-order valence-corrected chi connectivity index (χ3v) is 3.04. The predicted octanol–water partition coefficient (Wildman–Crippen LogP) is 1.06. The lowest BCUT2D eigenvalue weighted by atomic mass is 9.99. The molecule has 2 N–H and O–H groups in total. The van der Waals surface area contributed by atoms with E-state index < -0.39 is 0 Å². The van der Waals surface area contributed by atoms with Gasteiger partial charge in [0.05, 0.1) is 6.61 Å². The molecule has 0 bridgehead atoms. The van der Waals surface area contributed by atoms with Crippen molar-refractivity contribution in [1.29, 1.82) is 0 Å².